The lowest BCUT2D eigenvalue weighted by molar-refractivity contribution is 0.223. The van der Waals surface area contributed by atoms with E-state index < -0.39 is 0 Å². The molecular weight excluding hydrogens is 391 g/mol. The number of hydrogen-bond acceptors (Lipinski definition) is 3. The van der Waals surface area contributed by atoms with E-state index in [1.54, 1.807) is 26.2 Å². The lowest BCUT2D eigenvalue weighted by Crippen LogP contribution is -2.33. The molecule has 2 aromatic rings. The number of amides is 2. The van der Waals surface area contributed by atoms with E-state index in [0.717, 1.165) is 5.56 Å². The Balaban J connectivity index is 1.95. The maximum atomic E-state index is 13.1. The fourth-order valence-corrected chi connectivity index (χ4v) is 2.69. The number of anilines is 1. The van der Waals surface area contributed by atoms with Gasteiger partial charge >= 0.3 is 6.03 Å². The zero-order valence-corrected chi connectivity index (χ0v) is 15.9. The summed E-state index contributed by atoms with van der Waals surface area (Å²) in [4.78, 5) is 13.8. The number of halogens is 2. The van der Waals surface area contributed by atoms with Gasteiger partial charge in [0.1, 0.15) is 5.82 Å². The Labute approximate surface area is 154 Å². The number of methoxy groups -OCH3 is 2. The second kappa shape index (κ2) is 8.71. The van der Waals surface area contributed by atoms with Crippen LogP contribution in [-0.2, 0) is 6.42 Å². The van der Waals surface area contributed by atoms with Gasteiger partial charge in [-0.15, -0.1) is 0 Å². The zero-order chi connectivity index (χ0) is 18.4. The molecule has 0 aliphatic heterocycles. The minimum absolute atomic E-state index is 0.271. The van der Waals surface area contributed by atoms with Crippen molar-refractivity contribution in [2.24, 2.45) is 0 Å². The topological polar surface area (TPSA) is 50.8 Å². The van der Waals surface area contributed by atoms with Gasteiger partial charge in [-0.25, -0.2) is 9.18 Å². The van der Waals surface area contributed by atoms with Crippen molar-refractivity contribution in [2.75, 3.05) is 33.1 Å². The summed E-state index contributed by atoms with van der Waals surface area (Å²) in [5.74, 6) is 0.951. The van der Waals surface area contributed by atoms with Crippen molar-refractivity contribution in [2.45, 2.75) is 6.42 Å². The highest BCUT2D eigenvalue weighted by molar-refractivity contribution is 9.10. The zero-order valence-electron chi connectivity index (χ0n) is 14.3. The smallest absolute Gasteiger partial charge is 0.321 e. The summed E-state index contributed by atoms with van der Waals surface area (Å²) in [5, 5.41) is 2.74. The minimum atomic E-state index is -0.369. The Morgan fingerprint density at radius 1 is 1.16 bits per heavy atom. The molecule has 0 radical (unpaired) electrons. The monoisotopic (exact) mass is 410 g/mol. The molecule has 2 aromatic carbocycles. The first-order valence-corrected chi connectivity index (χ1v) is 8.42. The van der Waals surface area contributed by atoms with Gasteiger partial charge in [-0.2, -0.15) is 0 Å². The van der Waals surface area contributed by atoms with Gasteiger partial charge in [0.2, 0.25) is 0 Å². The number of likely N-dealkylation sites (N-methyl/N-ethyl adjacent to an activating group) is 1. The molecular formula is C18H20BrFN2O3. The minimum Gasteiger partial charge on any atom is -0.493 e. The number of urea groups is 1. The maximum Gasteiger partial charge on any atom is 0.321 e. The van der Waals surface area contributed by atoms with Gasteiger partial charge in [0.05, 0.1) is 19.9 Å². The van der Waals surface area contributed by atoms with E-state index >= 15 is 0 Å². The van der Waals surface area contributed by atoms with E-state index in [1.165, 1.54) is 18.2 Å². The lowest BCUT2D eigenvalue weighted by Gasteiger charge is -2.19. The molecule has 0 saturated heterocycles. The third-order valence-corrected chi connectivity index (χ3v) is 4.36. The Hall–Kier alpha value is -2.28. The van der Waals surface area contributed by atoms with Crippen LogP contribution < -0.4 is 14.8 Å². The molecule has 25 heavy (non-hydrogen) atoms. The Morgan fingerprint density at radius 3 is 2.52 bits per heavy atom. The molecule has 2 rings (SSSR count). The summed E-state index contributed by atoms with van der Waals surface area (Å²) >= 11 is 3.23. The van der Waals surface area contributed by atoms with Crippen molar-refractivity contribution in [3.63, 3.8) is 0 Å². The van der Waals surface area contributed by atoms with E-state index in [0.29, 0.717) is 34.6 Å². The fourth-order valence-electron chi connectivity index (χ4n) is 2.24. The molecule has 0 aromatic heterocycles. The summed E-state index contributed by atoms with van der Waals surface area (Å²) < 4.78 is 24.1. The van der Waals surface area contributed by atoms with E-state index in [9.17, 15) is 9.18 Å². The standard InChI is InChI=1S/C18H20BrFN2O3/c1-22(18(23)21-15-6-5-13(20)11-14(15)19)9-8-12-4-7-16(24-2)17(10-12)25-3/h4-7,10-11H,8-9H2,1-3H3,(H,21,23). The van der Waals surface area contributed by atoms with Crippen LogP contribution in [0.5, 0.6) is 11.5 Å². The third kappa shape index (κ3) is 5.09. The average molecular weight is 411 g/mol. The Kier molecular flexibility index (Phi) is 6.64. The van der Waals surface area contributed by atoms with Crippen LogP contribution in [0.2, 0.25) is 0 Å². The van der Waals surface area contributed by atoms with Crippen molar-refractivity contribution in [1.29, 1.82) is 0 Å². The lowest BCUT2D eigenvalue weighted by atomic mass is 10.1. The van der Waals surface area contributed by atoms with Crippen LogP contribution in [0.15, 0.2) is 40.9 Å². The first kappa shape index (κ1) is 19.1. The van der Waals surface area contributed by atoms with Gasteiger partial charge in [-0.3, -0.25) is 0 Å². The number of carbonyl (C=O) groups excluding carboxylic acids is 1. The highest BCUT2D eigenvalue weighted by atomic mass is 79.9. The van der Waals surface area contributed by atoms with Crippen molar-refractivity contribution in [3.8, 4) is 11.5 Å². The molecule has 7 heteroatoms. The van der Waals surface area contributed by atoms with E-state index in [1.807, 2.05) is 18.2 Å². The molecule has 0 unspecified atom stereocenters. The fraction of sp³-hybridized carbons (Fsp3) is 0.278. The van der Waals surface area contributed by atoms with Crippen molar-refractivity contribution >= 4 is 27.6 Å². The summed E-state index contributed by atoms with van der Waals surface area (Å²) in [7, 11) is 4.87. The SMILES string of the molecule is COc1ccc(CCN(C)C(=O)Nc2ccc(F)cc2Br)cc1OC. The first-order valence-electron chi connectivity index (χ1n) is 7.62. The van der Waals surface area contributed by atoms with Gasteiger partial charge < -0.3 is 19.7 Å². The van der Waals surface area contributed by atoms with Gasteiger partial charge in [0.25, 0.3) is 0 Å². The predicted molar refractivity (Wildman–Crippen MR) is 99.0 cm³/mol. The summed E-state index contributed by atoms with van der Waals surface area (Å²) in [6.07, 6.45) is 0.662. The van der Waals surface area contributed by atoms with E-state index in [4.69, 9.17) is 9.47 Å². The largest absolute Gasteiger partial charge is 0.493 e. The highest BCUT2D eigenvalue weighted by Crippen LogP contribution is 2.28. The number of carbonyl (C=O) groups is 1. The second-order valence-corrected chi connectivity index (χ2v) is 6.27. The van der Waals surface area contributed by atoms with E-state index in [-0.39, 0.29) is 11.8 Å². The van der Waals surface area contributed by atoms with Crippen LogP contribution in [0.1, 0.15) is 5.56 Å². The third-order valence-electron chi connectivity index (χ3n) is 3.70. The Bertz CT molecular complexity index is 755. The summed E-state index contributed by atoms with van der Waals surface area (Å²) in [6, 6.07) is 9.50. The second-order valence-electron chi connectivity index (χ2n) is 5.42. The Morgan fingerprint density at radius 2 is 1.88 bits per heavy atom. The molecule has 0 saturated carbocycles. The van der Waals surface area contributed by atoms with Gasteiger partial charge in [-0.05, 0) is 58.2 Å². The number of hydrogen-bond donors (Lipinski definition) is 1. The van der Waals surface area contributed by atoms with Gasteiger partial charge in [0, 0.05) is 18.1 Å². The molecule has 134 valence electrons. The van der Waals surface area contributed by atoms with Crippen LogP contribution in [0.25, 0.3) is 0 Å². The van der Waals surface area contributed by atoms with Crippen LogP contribution in [0.4, 0.5) is 14.9 Å². The molecule has 0 spiro atoms. The molecule has 0 bridgehead atoms. The van der Waals surface area contributed by atoms with Crippen molar-refractivity contribution in [1.82, 2.24) is 4.90 Å². The molecule has 5 nitrogen and oxygen atoms in total. The molecule has 2 amide bonds. The van der Waals surface area contributed by atoms with Crippen LogP contribution in [0, 0.1) is 5.82 Å². The normalized spacial score (nSPS) is 10.3. The molecule has 0 aliphatic rings. The highest BCUT2D eigenvalue weighted by Gasteiger charge is 2.12. The van der Waals surface area contributed by atoms with Crippen molar-refractivity contribution < 1.29 is 18.7 Å². The maximum absolute atomic E-state index is 13.1. The van der Waals surface area contributed by atoms with E-state index in [2.05, 4.69) is 21.2 Å². The summed E-state index contributed by atoms with van der Waals surface area (Å²) in [5.41, 5.74) is 1.55. The molecule has 1 N–H and O–H groups in total. The number of nitrogens with zero attached hydrogens (tertiary/aromatic N) is 1. The summed E-state index contributed by atoms with van der Waals surface area (Å²) in [6.45, 7) is 0.514. The number of rotatable bonds is 6. The molecule has 0 atom stereocenters. The van der Waals surface area contributed by atoms with Crippen LogP contribution in [0.3, 0.4) is 0 Å². The molecule has 0 heterocycles. The molecule has 0 aliphatic carbocycles. The number of benzene rings is 2. The van der Waals surface area contributed by atoms with Crippen LogP contribution in [-0.4, -0.2) is 38.7 Å². The predicted octanol–water partition coefficient (Wildman–Crippen LogP) is 4.31. The van der Waals surface area contributed by atoms with Gasteiger partial charge in [0.15, 0.2) is 11.5 Å². The average Bonchev–Trinajstić information content (AvgIpc) is 2.61. The van der Waals surface area contributed by atoms with Gasteiger partial charge in [-0.1, -0.05) is 6.07 Å². The van der Waals surface area contributed by atoms with Crippen LogP contribution >= 0.6 is 15.9 Å². The molecule has 0 fully saturated rings. The van der Waals surface area contributed by atoms with Crippen molar-refractivity contribution in [3.05, 3.63) is 52.3 Å². The first-order chi connectivity index (χ1) is 11.9. The number of nitrogens with one attached hydrogen (secondary N) is 1. The quantitative estimate of drug-likeness (QED) is 0.771. The number of ether oxygens (including phenoxy) is 2.